The molecule has 0 aliphatic carbocycles. The van der Waals surface area contributed by atoms with Crippen molar-refractivity contribution in [2.24, 2.45) is 0 Å². The van der Waals surface area contributed by atoms with E-state index in [2.05, 4.69) is 9.97 Å². The van der Waals surface area contributed by atoms with Crippen LogP contribution in [0, 0.1) is 18.3 Å². The van der Waals surface area contributed by atoms with E-state index in [1.807, 2.05) is 0 Å². The zero-order valence-electron chi connectivity index (χ0n) is 7.85. The second-order valence-electron chi connectivity index (χ2n) is 2.68. The molecule has 0 aliphatic rings. The Bertz CT molecular complexity index is 488. The lowest BCUT2D eigenvalue weighted by molar-refractivity contribution is 0.592. The Morgan fingerprint density at radius 2 is 2.21 bits per heavy atom. The second kappa shape index (κ2) is 3.72. The number of hydrogen-bond acceptors (Lipinski definition) is 5. The Kier molecular flexibility index (Phi) is 2.81. The van der Waals surface area contributed by atoms with Crippen LogP contribution in [0.25, 0.3) is 0 Å². The third kappa shape index (κ3) is 1.88. The van der Waals surface area contributed by atoms with Crippen molar-refractivity contribution in [2.45, 2.75) is 18.9 Å². The lowest BCUT2D eigenvalue weighted by Crippen LogP contribution is -2.10. The van der Waals surface area contributed by atoms with Crippen LogP contribution in [0.15, 0.2) is 11.2 Å². The molecule has 0 unspecified atom stereocenters. The summed E-state index contributed by atoms with van der Waals surface area (Å²) in [5.41, 5.74) is 0.341. The largest absolute Gasteiger partial charge is 0.241 e. The number of aryl methyl sites for hydroxylation is 1. The molecule has 6 heteroatoms. The average molecular weight is 211 g/mol. The molecule has 74 valence electrons. The predicted molar refractivity (Wildman–Crippen MR) is 49.2 cm³/mol. The van der Waals surface area contributed by atoms with Crippen molar-refractivity contribution >= 4 is 9.84 Å². The summed E-state index contributed by atoms with van der Waals surface area (Å²) in [5.74, 6) is -0.0835. The first-order valence-corrected chi connectivity index (χ1v) is 5.63. The molecule has 1 aromatic heterocycles. The van der Waals surface area contributed by atoms with Crippen molar-refractivity contribution in [3.8, 4) is 6.07 Å². The minimum absolute atomic E-state index is 0.0835. The molecule has 0 radical (unpaired) electrons. The van der Waals surface area contributed by atoms with Crippen LogP contribution in [0.2, 0.25) is 0 Å². The smallest absolute Gasteiger partial charge is 0.198 e. The van der Waals surface area contributed by atoms with Crippen molar-refractivity contribution in [1.29, 1.82) is 5.26 Å². The fourth-order valence-corrected chi connectivity index (χ4v) is 1.83. The van der Waals surface area contributed by atoms with Gasteiger partial charge >= 0.3 is 0 Å². The van der Waals surface area contributed by atoms with Crippen LogP contribution < -0.4 is 0 Å². The molecule has 1 rings (SSSR count). The first kappa shape index (κ1) is 10.6. The van der Waals surface area contributed by atoms with Gasteiger partial charge in [-0.3, -0.25) is 0 Å². The third-order valence-electron chi connectivity index (χ3n) is 1.64. The number of nitriles is 1. The molecular formula is C8H9N3O2S. The van der Waals surface area contributed by atoms with Gasteiger partial charge in [-0.2, -0.15) is 5.26 Å². The SMILES string of the molecule is CCS(=O)(=O)c1nc(C)cnc1C#N. The summed E-state index contributed by atoms with van der Waals surface area (Å²) in [5, 5.41) is 8.43. The summed E-state index contributed by atoms with van der Waals surface area (Å²) < 4.78 is 23.0. The number of sulfone groups is 1. The highest BCUT2D eigenvalue weighted by molar-refractivity contribution is 7.91. The molecular weight excluding hydrogens is 202 g/mol. The summed E-state index contributed by atoms with van der Waals surface area (Å²) in [6.45, 7) is 3.13. The summed E-state index contributed by atoms with van der Waals surface area (Å²) in [7, 11) is -3.46. The van der Waals surface area contributed by atoms with Crippen molar-refractivity contribution < 1.29 is 8.42 Å². The topological polar surface area (TPSA) is 83.7 Å². The Balaban J connectivity index is 3.49. The van der Waals surface area contributed by atoms with E-state index >= 15 is 0 Å². The molecule has 0 spiro atoms. The van der Waals surface area contributed by atoms with E-state index in [1.54, 1.807) is 13.0 Å². The van der Waals surface area contributed by atoms with E-state index in [1.165, 1.54) is 13.1 Å². The van der Waals surface area contributed by atoms with Crippen LogP contribution in [-0.4, -0.2) is 24.1 Å². The Hall–Kier alpha value is -1.48. The van der Waals surface area contributed by atoms with E-state index in [-0.39, 0.29) is 16.5 Å². The van der Waals surface area contributed by atoms with Crippen LogP contribution >= 0.6 is 0 Å². The van der Waals surface area contributed by atoms with Crippen molar-refractivity contribution in [3.05, 3.63) is 17.6 Å². The summed E-state index contributed by atoms with van der Waals surface area (Å²) >= 11 is 0. The van der Waals surface area contributed by atoms with Crippen molar-refractivity contribution in [1.82, 2.24) is 9.97 Å². The predicted octanol–water partition coefficient (Wildman–Crippen LogP) is 0.450. The second-order valence-corrected chi connectivity index (χ2v) is 4.87. The van der Waals surface area contributed by atoms with Gasteiger partial charge in [0.25, 0.3) is 0 Å². The minimum atomic E-state index is -3.46. The van der Waals surface area contributed by atoms with Gasteiger partial charge in [0.05, 0.1) is 11.4 Å². The molecule has 0 bridgehead atoms. The Morgan fingerprint density at radius 1 is 1.57 bits per heavy atom. The van der Waals surface area contributed by atoms with Gasteiger partial charge in [-0.15, -0.1) is 0 Å². The molecule has 1 aromatic rings. The van der Waals surface area contributed by atoms with Crippen molar-refractivity contribution in [2.75, 3.05) is 5.75 Å². The van der Waals surface area contributed by atoms with E-state index in [0.717, 1.165) is 0 Å². The monoisotopic (exact) mass is 211 g/mol. The van der Waals surface area contributed by atoms with E-state index in [0.29, 0.717) is 5.69 Å². The molecule has 0 fully saturated rings. The Morgan fingerprint density at radius 3 is 2.71 bits per heavy atom. The van der Waals surface area contributed by atoms with Gasteiger partial charge in [0.15, 0.2) is 20.6 Å². The van der Waals surface area contributed by atoms with Crippen molar-refractivity contribution in [3.63, 3.8) is 0 Å². The van der Waals surface area contributed by atoms with Crippen LogP contribution in [0.1, 0.15) is 18.3 Å². The quantitative estimate of drug-likeness (QED) is 0.709. The van der Waals surface area contributed by atoms with Gasteiger partial charge in [-0.25, -0.2) is 18.4 Å². The van der Waals surface area contributed by atoms with E-state index < -0.39 is 9.84 Å². The number of hydrogen-bond donors (Lipinski definition) is 0. The number of nitrogens with zero attached hydrogens (tertiary/aromatic N) is 3. The molecule has 0 saturated heterocycles. The molecule has 0 saturated carbocycles. The summed E-state index contributed by atoms with van der Waals surface area (Å²) in [4.78, 5) is 7.52. The van der Waals surface area contributed by atoms with Gasteiger partial charge in [0.1, 0.15) is 6.07 Å². The normalized spacial score (nSPS) is 10.9. The maximum absolute atomic E-state index is 11.5. The first-order chi connectivity index (χ1) is 6.51. The van der Waals surface area contributed by atoms with E-state index in [4.69, 9.17) is 5.26 Å². The third-order valence-corrected chi connectivity index (χ3v) is 3.28. The van der Waals surface area contributed by atoms with Gasteiger partial charge in [0, 0.05) is 6.20 Å². The standard InChI is InChI=1S/C8H9N3O2S/c1-3-14(12,13)8-7(4-9)10-5-6(2)11-8/h5H,3H2,1-2H3. The van der Waals surface area contributed by atoms with Crippen LogP contribution in [0.3, 0.4) is 0 Å². The highest BCUT2D eigenvalue weighted by atomic mass is 32.2. The van der Waals surface area contributed by atoms with Crippen LogP contribution in [0.4, 0.5) is 0 Å². The lowest BCUT2D eigenvalue weighted by atomic mass is 10.4. The molecule has 0 aromatic carbocycles. The maximum Gasteiger partial charge on any atom is 0.198 e. The van der Waals surface area contributed by atoms with Gasteiger partial charge in [0.2, 0.25) is 0 Å². The summed E-state index contributed by atoms with van der Waals surface area (Å²) in [6.07, 6.45) is 1.37. The minimum Gasteiger partial charge on any atom is -0.241 e. The number of rotatable bonds is 2. The summed E-state index contributed by atoms with van der Waals surface area (Å²) in [6, 6.07) is 1.71. The molecule has 0 atom stereocenters. The fraction of sp³-hybridized carbons (Fsp3) is 0.375. The van der Waals surface area contributed by atoms with Gasteiger partial charge in [-0.1, -0.05) is 6.92 Å². The molecule has 14 heavy (non-hydrogen) atoms. The van der Waals surface area contributed by atoms with Crippen LogP contribution in [0.5, 0.6) is 0 Å². The molecule has 0 N–H and O–H groups in total. The van der Waals surface area contributed by atoms with Gasteiger partial charge in [-0.05, 0) is 6.92 Å². The number of aromatic nitrogens is 2. The first-order valence-electron chi connectivity index (χ1n) is 3.97. The molecule has 0 aliphatic heterocycles. The molecule has 0 amide bonds. The lowest BCUT2D eigenvalue weighted by Gasteiger charge is -2.02. The fourth-order valence-electron chi connectivity index (χ4n) is 0.885. The molecule has 5 nitrogen and oxygen atoms in total. The van der Waals surface area contributed by atoms with E-state index in [9.17, 15) is 8.42 Å². The zero-order chi connectivity index (χ0) is 10.8. The molecule has 1 heterocycles. The maximum atomic E-state index is 11.5. The van der Waals surface area contributed by atoms with Crippen LogP contribution in [-0.2, 0) is 9.84 Å². The highest BCUT2D eigenvalue weighted by Crippen LogP contribution is 2.11. The average Bonchev–Trinajstić information content (AvgIpc) is 2.18. The Labute approximate surface area is 82.3 Å². The highest BCUT2D eigenvalue weighted by Gasteiger charge is 2.19. The zero-order valence-corrected chi connectivity index (χ0v) is 8.67. The van der Waals surface area contributed by atoms with Gasteiger partial charge < -0.3 is 0 Å².